The predicted molar refractivity (Wildman–Crippen MR) is 105 cm³/mol. The van der Waals surface area contributed by atoms with Crippen LogP contribution >= 0.6 is 67.8 Å². The fourth-order valence-corrected chi connectivity index (χ4v) is 5.33. The highest BCUT2D eigenvalue weighted by molar-refractivity contribution is 14.1. The van der Waals surface area contributed by atoms with Crippen LogP contribution in [0.1, 0.15) is 33.1 Å². The standard InChI is InChI=1S/C14H17I3O3/c1-3-5-6-19-14(18)12(4-2)20-13-10(16)7-9(15)8-11(13)17/h7-8,12H,3-6H2,1-2H3. The molecule has 1 aromatic rings. The van der Waals surface area contributed by atoms with E-state index in [1.807, 2.05) is 19.1 Å². The number of hydrogen-bond acceptors (Lipinski definition) is 3. The van der Waals surface area contributed by atoms with Crippen LogP contribution in [0.2, 0.25) is 0 Å². The number of carbonyl (C=O) groups is 1. The molecular weight excluding hydrogens is 597 g/mol. The molecule has 1 aromatic carbocycles. The van der Waals surface area contributed by atoms with Crippen LogP contribution in [0.5, 0.6) is 5.75 Å². The second-order valence-corrected chi connectivity index (χ2v) is 7.80. The molecule has 0 aliphatic rings. The Kier molecular flexibility index (Phi) is 9.03. The molecule has 1 rings (SSSR count). The Labute approximate surface area is 161 Å². The highest BCUT2D eigenvalue weighted by Crippen LogP contribution is 2.30. The first-order chi connectivity index (χ1) is 9.49. The van der Waals surface area contributed by atoms with E-state index in [-0.39, 0.29) is 5.97 Å². The van der Waals surface area contributed by atoms with Crippen molar-refractivity contribution >= 4 is 73.7 Å². The van der Waals surface area contributed by atoms with Gasteiger partial charge in [0.1, 0.15) is 5.75 Å². The number of rotatable bonds is 7. The molecule has 0 N–H and O–H groups in total. The third-order valence-electron chi connectivity index (χ3n) is 2.60. The van der Waals surface area contributed by atoms with Gasteiger partial charge in [-0.15, -0.1) is 0 Å². The van der Waals surface area contributed by atoms with E-state index in [4.69, 9.17) is 9.47 Å². The smallest absolute Gasteiger partial charge is 0.347 e. The second kappa shape index (κ2) is 9.65. The fraction of sp³-hybridized carbons (Fsp3) is 0.500. The summed E-state index contributed by atoms with van der Waals surface area (Å²) in [6.07, 6.45) is 1.97. The van der Waals surface area contributed by atoms with Gasteiger partial charge in [-0.25, -0.2) is 4.79 Å². The molecule has 0 aromatic heterocycles. The number of carbonyl (C=O) groups excluding carboxylic acids is 1. The molecular formula is C14H17I3O3. The number of unbranched alkanes of at least 4 members (excludes halogenated alkanes) is 1. The summed E-state index contributed by atoms with van der Waals surface area (Å²) in [5, 5.41) is 0. The van der Waals surface area contributed by atoms with E-state index in [2.05, 4.69) is 74.7 Å². The molecule has 0 heterocycles. The zero-order valence-corrected chi connectivity index (χ0v) is 17.9. The largest absolute Gasteiger partial charge is 0.477 e. The lowest BCUT2D eigenvalue weighted by molar-refractivity contribution is -0.152. The van der Waals surface area contributed by atoms with Crippen LogP contribution in [-0.4, -0.2) is 18.7 Å². The van der Waals surface area contributed by atoms with E-state index in [0.717, 1.165) is 29.3 Å². The van der Waals surface area contributed by atoms with Crippen LogP contribution in [0.4, 0.5) is 0 Å². The van der Waals surface area contributed by atoms with Crippen molar-refractivity contribution in [2.24, 2.45) is 0 Å². The average molecular weight is 614 g/mol. The van der Waals surface area contributed by atoms with Crippen molar-refractivity contribution in [3.8, 4) is 5.75 Å². The van der Waals surface area contributed by atoms with Gasteiger partial charge in [0.15, 0.2) is 6.10 Å². The minimum atomic E-state index is -0.533. The Morgan fingerprint density at radius 3 is 2.30 bits per heavy atom. The Bertz CT molecular complexity index is 440. The first-order valence-electron chi connectivity index (χ1n) is 6.47. The third kappa shape index (κ3) is 5.82. The minimum absolute atomic E-state index is 0.272. The minimum Gasteiger partial charge on any atom is -0.477 e. The molecule has 0 amide bonds. The van der Waals surface area contributed by atoms with Crippen molar-refractivity contribution in [2.45, 2.75) is 39.2 Å². The zero-order chi connectivity index (χ0) is 15.1. The van der Waals surface area contributed by atoms with E-state index >= 15 is 0 Å². The lowest BCUT2D eigenvalue weighted by atomic mass is 10.2. The summed E-state index contributed by atoms with van der Waals surface area (Å²) in [6.45, 7) is 4.46. The zero-order valence-electron chi connectivity index (χ0n) is 11.4. The summed E-state index contributed by atoms with van der Waals surface area (Å²) in [5.41, 5.74) is 0. The van der Waals surface area contributed by atoms with Crippen LogP contribution in [0.15, 0.2) is 12.1 Å². The topological polar surface area (TPSA) is 35.5 Å². The summed E-state index contributed by atoms with van der Waals surface area (Å²) in [6, 6.07) is 4.07. The van der Waals surface area contributed by atoms with E-state index < -0.39 is 6.10 Å². The number of hydrogen-bond donors (Lipinski definition) is 0. The van der Waals surface area contributed by atoms with Crippen molar-refractivity contribution in [1.82, 2.24) is 0 Å². The molecule has 1 unspecified atom stereocenters. The summed E-state index contributed by atoms with van der Waals surface area (Å²) in [5.74, 6) is 0.497. The number of benzene rings is 1. The summed E-state index contributed by atoms with van der Waals surface area (Å²) in [7, 11) is 0. The molecule has 0 radical (unpaired) electrons. The molecule has 0 fully saturated rings. The van der Waals surface area contributed by atoms with Gasteiger partial charge in [-0.05, 0) is 92.7 Å². The lowest BCUT2D eigenvalue weighted by Gasteiger charge is -2.18. The van der Waals surface area contributed by atoms with Crippen LogP contribution in [-0.2, 0) is 9.53 Å². The van der Waals surface area contributed by atoms with Gasteiger partial charge in [0.05, 0.1) is 13.7 Å². The average Bonchev–Trinajstić information content (AvgIpc) is 2.38. The van der Waals surface area contributed by atoms with Gasteiger partial charge in [-0.2, -0.15) is 0 Å². The van der Waals surface area contributed by atoms with E-state index in [9.17, 15) is 4.79 Å². The van der Waals surface area contributed by atoms with Crippen LogP contribution in [0, 0.1) is 10.7 Å². The van der Waals surface area contributed by atoms with Crippen molar-refractivity contribution in [3.05, 3.63) is 22.8 Å². The Morgan fingerprint density at radius 1 is 1.20 bits per heavy atom. The maximum Gasteiger partial charge on any atom is 0.347 e. The Balaban J connectivity index is 2.76. The fourth-order valence-electron chi connectivity index (χ4n) is 1.49. The van der Waals surface area contributed by atoms with Crippen LogP contribution in [0.3, 0.4) is 0 Å². The maximum atomic E-state index is 12.0. The summed E-state index contributed by atoms with van der Waals surface area (Å²) in [4.78, 5) is 12.0. The SMILES string of the molecule is CCCCOC(=O)C(CC)Oc1c(I)cc(I)cc1I. The molecule has 0 saturated carbocycles. The van der Waals surface area contributed by atoms with Gasteiger partial charge in [0.2, 0.25) is 0 Å². The Hall–Kier alpha value is 0.680. The number of ether oxygens (including phenoxy) is 2. The van der Waals surface area contributed by atoms with Gasteiger partial charge in [-0.1, -0.05) is 20.3 Å². The molecule has 3 nitrogen and oxygen atoms in total. The first kappa shape index (κ1) is 18.7. The molecule has 0 bridgehead atoms. The van der Waals surface area contributed by atoms with Crippen molar-refractivity contribution in [1.29, 1.82) is 0 Å². The molecule has 112 valence electrons. The quantitative estimate of drug-likeness (QED) is 0.247. The Morgan fingerprint density at radius 2 is 1.80 bits per heavy atom. The van der Waals surface area contributed by atoms with Crippen LogP contribution < -0.4 is 4.74 Å². The predicted octanol–water partition coefficient (Wildman–Crippen LogP) is 5.00. The van der Waals surface area contributed by atoms with Gasteiger partial charge < -0.3 is 9.47 Å². The van der Waals surface area contributed by atoms with Crippen LogP contribution in [0.25, 0.3) is 0 Å². The molecule has 1 atom stereocenters. The van der Waals surface area contributed by atoms with E-state index in [0.29, 0.717) is 13.0 Å². The highest BCUT2D eigenvalue weighted by Gasteiger charge is 2.22. The van der Waals surface area contributed by atoms with E-state index in [1.165, 1.54) is 0 Å². The van der Waals surface area contributed by atoms with Gasteiger partial charge >= 0.3 is 5.97 Å². The van der Waals surface area contributed by atoms with Crippen molar-refractivity contribution in [2.75, 3.05) is 6.61 Å². The van der Waals surface area contributed by atoms with Crippen molar-refractivity contribution in [3.63, 3.8) is 0 Å². The van der Waals surface area contributed by atoms with Gasteiger partial charge in [0, 0.05) is 3.57 Å². The molecule has 20 heavy (non-hydrogen) atoms. The number of halogens is 3. The van der Waals surface area contributed by atoms with Crippen molar-refractivity contribution < 1.29 is 14.3 Å². The molecule has 0 aliphatic heterocycles. The highest BCUT2D eigenvalue weighted by atomic mass is 127. The second-order valence-electron chi connectivity index (χ2n) is 4.23. The normalized spacial score (nSPS) is 12.1. The maximum absolute atomic E-state index is 12.0. The van der Waals surface area contributed by atoms with E-state index in [1.54, 1.807) is 0 Å². The van der Waals surface area contributed by atoms with Gasteiger partial charge in [0.25, 0.3) is 0 Å². The lowest BCUT2D eigenvalue weighted by Crippen LogP contribution is -2.29. The summed E-state index contributed by atoms with van der Waals surface area (Å²) < 4.78 is 14.3. The van der Waals surface area contributed by atoms with Gasteiger partial charge in [-0.3, -0.25) is 0 Å². The molecule has 0 spiro atoms. The summed E-state index contributed by atoms with van der Waals surface area (Å²) >= 11 is 6.74. The monoisotopic (exact) mass is 614 g/mol. The first-order valence-corrected chi connectivity index (χ1v) is 9.71. The molecule has 6 heteroatoms. The number of esters is 1. The molecule has 0 saturated heterocycles. The third-order valence-corrected chi connectivity index (χ3v) is 4.82. The molecule has 0 aliphatic carbocycles.